The van der Waals surface area contributed by atoms with Crippen molar-refractivity contribution in [2.45, 2.75) is 32.4 Å². The second kappa shape index (κ2) is 6.14. The number of methoxy groups -OCH3 is 1. The van der Waals surface area contributed by atoms with Crippen LogP contribution in [0.15, 0.2) is 36.5 Å². The fourth-order valence-electron chi connectivity index (χ4n) is 2.16. The maximum atomic E-state index is 5.96. The Balaban J connectivity index is 1.80. The molecule has 110 valence electrons. The van der Waals surface area contributed by atoms with Gasteiger partial charge in [-0.2, -0.15) is 0 Å². The van der Waals surface area contributed by atoms with E-state index in [4.69, 9.17) is 9.47 Å². The quantitative estimate of drug-likeness (QED) is 0.882. The molecule has 1 aliphatic rings. The van der Waals surface area contributed by atoms with Gasteiger partial charge in [0.2, 0.25) is 5.88 Å². The topological polar surface area (TPSA) is 43.4 Å². The highest BCUT2D eigenvalue weighted by Crippen LogP contribution is 2.32. The Morgan fingerprint density at radius 3 is 2.86 bits per heavy atom. The summed E-state index contributed by atoms with van der Waals surface area (Å²) >= 11 is 0. The van der Waals surface area contributed by atoms with Gasteiger partial charge in [0.05, 0.1) is 7.11 Å². The summed E-state index contributed by atoms with van der Waals surface area (Å²) in [6.45, 7) is 2.81. The minimum Gasteiger partial charge on any atom is -0.493 e. The van der Waals surface area contributed by atoms with Crippen LogP contribution in [0, 0.1) is 6.92 Å². The highest BCUT2D eigenvalue weighted by molar-refractivity contribution is 5.45. The average molecular weight is 284 g/mol. The zero-order chi connectivity index (χ0) is 14.7. The highest BCUT2D eigenvalue weighted by atomic mass is 16.5. The van der Waals surface area contributed by atoms with Gasteiger partial charge in [0.15, 0.2) is 11.5 Å². The number of hydrogen-bond donors (Lipinski definition) is 1. The number of rotatable bonds is 6. The molecule has 0 spiro atoms. The summed E-state index contributed by atoms with van der Waals surface area (Å²) in [4.78, 5) is 4.35. The number of nitrogens with zero attached hydrogens (tertiary/aromatic N) is 1. The fourth-order valence-corrected chi connectivity index (χ4v) is 2.16. The maximum absolute atomic E-state index is 5.96. The van der Waals surface area contributed by atoms with E-state index in [1.54, 1.807) is 13.3 Å². The van der Waals surface area contributed by atoms with Gasteiger partial charge in [0, 0.05) is 24.3 Å². The van der Waals surface area contributed by atoms with E-state index < -0.39 is 0 Å². The van der Waals surface area contributed by atoms with Gasteiger partial charge >= 0.3 is 0 Å². The van der Waals surface area contributed by atoms with Crippen molar-refractivity contribution in [1.29, 1.82) is 0 Å². The first-order valence-electron chi connectivity index (χ1n) is 7.26. The van der Waals surface area contributed by atoms with Crippen molar-refractivity contribution < 1.29 is 9.47 Å². The molecule has 0 radical (unpaired) electrons. The van der Waals surface area contributed by atoms with Crippen molar-refractivity contribution >= 4 is 0 Å². The molecule has 1 N–H and O–H groups in total. The van der Waals surface area contributed by atoms with Crippen molar-refractivity contribution in [3.8, 4) is 17.4 Å². The first-order valence-corrected chi connectivity index (χ1v) is 7.26. The summed E-state index contributed by atoms with van der Waals surface area (Å²) in [5.74, 6) is 2.05. The summed E-state index contributed by atoms with van der Waals surface area (Å²) < 4.78 is 11.3. The molecule has 0 saturated heterocycles. The predicted molar refractivity (Wildman–Crippen MR) is 81.9 cm³/mol. The van der Waals surface area contributed by atoms with E-state index in [0.29, 0.717) is 17.7 Å². The smallest absolute Gasteiger partial charge is 0.223 e. The molecule has 4 heteroatoms. The third-order valence-electron chi connectivity index (χ3n) is 3.53. The van der Waals surface area contributed by atoms with Crippen molar-refractivity contribution in [2.24, 2.45) is 0 Å². The van der Waals surface area contributed by atoms with Crippen LogP contribution < -0.4 is 14.8 Å². The lowest BCUT2D eigenvalue weighted by Crippen LogP contribution is -2.16. The summed E-state index contributed by atoms with van der Waals surface area (Å²) in [5.41, 5.74) is 2.20. The van der Waals surface area contributed by atoms with Crippen LogP contribution in [-0.2, 0) is 6.54 Å². The number of benzene rings is 1. The highest BCUT2D eigenvalue weighted by Gasteiger charge is 2.21. The molecule has 4 nitrogen and oxygen atoms in total. The Labute approximate surface area is 125 Å². The van der Waals surface area contributed by atoms with Crippen LogP contribution in [0.2, 0.25) is 0 Å². The molecule has 1 heterocycles. The third kappa shape index (κ3) is 3.52. The minimum atomic E-state index is 0.632. The number of hydrogen-bond acceptors (Lipinski definition) is 4. The summed E-state index contributed by atoms with van der Waals surface area (Å²) in [6, 6.07) is 10.5. The molecule has 3 rings (SSSR count). The molecule has 1 aromatic carbocycles. The third-order valence-corrected chi connectivity index (χ3v) is 3.53. The predicted octanol–water partition coefficient (Wildman–Crippen LogP) is 3.44. The van der Waals surface area contributed by atoms with Gasteiger partial charge in [-0.15, -0.1) is 0 Å². The standard InChI is InChI=1S/C17H20N2O2/c1-12-5-8-15(16(10-12)20-2)21-17-13(4-3-9-18-17)11-19-14-6-7-14/h3-5,8-10,14,19H,6-7,11H2,1-2H3. The first-order chi connectivity index (χ1) is 10.3. The Kier molecular flexibility index (Phi) is 4.06. The Morgan fingerprint density at radius 1 is 1.24 bits per heavy atom. The summed E-state index contributed by atoms with van der Waals surface area (Å²) in [6.07, 6.45) is 4.28. The number of ether oxygens (including phenoxy) is 2. The van der Waals surface area contributed by atoms with E-state index in [2.05, 4.69) is 10.3 Å². The van der Waals surface area contributed by atoms with Crippen molar-refractivity contribution in [3.63, 3.8) is 0 Å². The SMILES string of the molecule is COc1cc(C)ccc1Oc1ncccc1CNC1CC1. The molecule has 0 aliphatic heterocycles. The Bertz CT molecular complexity index is 624. The fraction of sp³-hybridized carbons (Fsp3) is 0.353. The van der Waals surface area contributed by atoms with E-state index in [1.807, 2.05) is 37.3 Å². The summed E-state index contributed by atoms with van der Waals surface area (Å²) in [5, 5.41) is 3.49. The minimum absolute atomic E-state index is 0.632. The van der Waals surface area contributed by atoms with Crippen LogP contribution in [0.25, 0.3) is 0 Å². The molecular weight excluding hydrogens is 264 g/mol. The first kappa shape index (κ1) is 13.9. The molecule has 2 aromatic rings. The van der Waals surface area contributed by atoms with Gasteiger partial charge in [-0.25, -0.2) is 4.98 Å². The number of aryl methyl sites for hydroxylation is 1. The average Bonchev–Trinajstić information content (AvgIpc) is 3.32. The maximum Gasteiger partial charge on any atom is 0.223 e. The van der Waals surface area contributed by atoms with Crippen molar-refractivity contribution in [3.05, 3.63) is 47.7 Å². The van der Waals surface area contributed by atoms with E-state index in [1.165, 1.54) is 12.8 Å². The van der Waals surface area contributed by atoms with Gasteiger partial charge in [-0.1, -0.05) is 12.1 Å². The molecular formula is C17H20N2O2. The molecule has 1 aromatic heterocycles. The molecule has 0 unspecified atom stereocenters. The lowest BCUT2D eigenvalue weighted by atomic mass is 10.2. The largest absolute Gasteiger partial charge is 0.493 e. The van der Waals surface area contributed by atoms with Gasteiger partial charge in [-0.05, 0) is 43.5 Å². The molecule has 1 fully saturated rings. The second-order valence-corrected chi connectivity index (χ2v) is 5.38. The zero-order valence-electron chi connectivity index (χ0n) is 12.4. The van der Waals surface area contributed by atoms with Crippen LogP contribution in [0.5, 0.6) is 17.4 Å². The second-order valence-electron chi connectivity index (χ2n) is 5.38. The Morgan fingerprint density at radius 2 is 2.10 bits per heavy atom. The van der Waals surface area contributed by atoms with E-state index >= 15 is 0 Å². The molecule has 0 atom stereocenters. The number of aromatic nitrogens is 1. The van der Waals surface area contributed by atoms with E-state index in [-0.39, 0.29) is 0 Å². The molecule has 21 heavy (non-hydrogen) atoms. The number of nitrogens with one attached hydrogen (secondary N) is 1. The van der Waals surface area contributed by atoms with Crippen LogP contribution in [0.4, 0.5) is 0 Å². The normalized spacial score (nSPS) is 14.0. The van der Waals surface area contributed by atoms with Gasteiger partial charge in [0.1, 0.15) is 0 Å². The van der Waals surface area contributed by atoms with Crippen molar-refractivity contribution in [2.75, 3.05) is 7.11 Å². The van der Waals surface area contributed by atoms with Crippen molar-refractivity contribution in [1.82, 2.24) is 10.3 Å². The van der Waals surface area contributed by atoms with Crippen LogP contribution in [-0.4, -0.2) is 18.1 Å². The lowest BCUT2D eigenvalue weighted by molar-refractivity contribution is 0.371. The molecule has 0 amide bonds. The number of pyridine rings is 1. The van der Waals surface area contributed by atoms with E-state index in [9.17, 15) is 0 Å². The van der Waals surface area contributed by atoms with Crippen LogP contribution >= 0.6 is 0 Å². The zero-order valence-corrected chi connectivity index (χ0v) is 12.4. The summed E-state index contributed by atoms with van der Waals surface area (Å²) in [7, 11) is 1.65. The Hall–Kier alpha value is -2.07. The molecule has 0 bridgehead atoms. The molecule has 1 saturated carbocycles. The van der Waals surface area contributed by atoms with E-state index in [0.717, 1.165) is 23.4 Å². The van der Waals surface area contributed by atoms with Gasteiger partial charge < -0.3 is 14.8 Å². The monoisotopic (exact) mass is 284 g/mol. The van der Waals surface area contributed by atoms with Crippen LogP contribution in [0.1, 0.15) is 24.0 Å². The lowest BCUT2D eigenvalue weighted by Gasteiger charge is -2.13. The van der Waals surface area contributed by atoms with Gasteiger partial charge in [-0.3, -0.25) is 0 Å². The van der Waals surface area contributed by atoms with Crippen LogP contribution in [0.3, 0.4) is 0 Å². The molecule has 1 aliphatic carbocycles. The van der Waals surface area contributed by atoms with Gasteiger partial charge in [0.25, 0.3) is 0 Å².